The number of thiocarbonyl (C=S) groups is 1. The zero-order chi connectivity index (χ0) is 9.56. The Morgan fingerprint density at radius 3 is 2.33 bits per heavy atom. The van der Waals surface area contributed by atoms with Crippen LogP contribution in [0.25, 0.3) is 0 Å². The SMILES string of the molecule is CCNC(=S)N(CC)CC(C)C. The Hall–Kier alpha value is -0.310. The highest BCUT2D eigenvalue weighted by Crippen LogP contribution is 1.98. The second-order valence-corrected chi connectivity index (χ2v) is 3.65. The number of rotatable bonds is 4. The van der Waals surface area contributed by atoms with Crippen LogP contribution in [0.1, 0.15) is 27.7 Å². The molecule has 3 heteroatoms. The summed E-state index contributed by atoms with van der Waals surface area (Å²) in [5.74, 6) is 0.668. The van der Waals surface area contributed by atoms with Gasteiger partial charge in [0.05, 0.1) is 0 Å². The lowest BCUT2D eigenvalue weighted by atomic mass is 10.2. The molecule has 0 aromatic rings. The van der Waals surface area contributed by atoms with Crippen LogP contribution in [0.15, 0.2) is 0 Å². The van der Waals surface area contributed by atoms with Gasteiger partial charge in [-0.3, -0.25) is 0 Å². The zero-order valence-electron chi connectivity index (χ0n) is 8.55. The maximum atomic E-state index is 5.21. The van der Waals surface area contributed by atoms with Crippen molar-refractivity contribution >= 4 is 17.3 Å². The Bertz CT molecular complexity index is 134. The van der Waals surface area contributed by atoms with Crippen molar-refractivity contribution in [3.63, 3.8) is 0 Å². The van der Waals surface area contributed by atoms with Crippen molar-refractivity contribution in [3.05, 3.63) is 0 Å². The molecule has 12 heavy (non-hydrogen) atoms. The Labute approximate surface area is 81.3 Å². The van der Waals surface area contributed by atoms with Gasteiger partial charge < -0.3 is 10.2 Å². The highest BCUT2D eigenvalue weighted by molar-refractivity contribution is 7.80. The minimum Gasteiger partial charge on any atom is -0.363 e. The smallest absolute Gasteiger partial charge is 0.168 e. The molecule has 0 aliphatic carbocycles. The van der Waals surface area contributed by atoms with Gasteiger partial charge in [0.2, 0.25) is 0 Å². The summed E-state index contributed by atoms with van der Waals surface area (Å²) < 4.78 is 0. The highest BCUT2D eigenvalue weighted by Gasteiger charge is 2.07. The molecule has 1 N–H and O–H groups in total. The standard InChI is InChI=1S/C9H20N2S/c1-5-10-9(12)11(6-2)7-8(3)4/h8H,5-7H2,1-4H3,(H,10,12). The molecule has 0 aromatic carbocycles. The molecule has 0 saturated carbocycles. The van der Waals surface area contributed by atoms with Crippen molar-refractivity contribution in [1.82, 2.24) is 10.2 Å². The predicted molar refractivity (Wildman–Crippen MR) is 58.4 cm³/mol. The van der Waals surface area contributed by atoms with Crippen LogP contribution >= 0.6 is 12.2 Å². The fourth-order valence-corrected chi connectivity index (χ4v) is 1.41. The van der Waals surface area contributed by atoms with Gasteiger partial charge in [0, 0.05) is 19.6 Å². The molecule has 0 aliphatic heterocycles. The van der Waals surface area contributed by atoms with E-state index < -0.39 is 0 Å². The zero-order valence-corrected chi connectivity index (χ0v) is 9.37. The van der Waals surface area contributed by atoms with E-state index in [0.29, 0.717) is 5.92 Å². The van der Waals surface area contributed by atoms with Crippen molar-refractivity contribution in [3.8, 4) is 0 Å². The molecule has 0 bridgehead atoms. The maximum Gasteiger partial charge on any atom is 0.168 e. The van der Waals surface area contributed by atoms with Gasteiger partial charge >= 0.3 is 0 Å². The van der Waals surface area contributed by atoms with Gasteiger partial charge in [0.25, 0.3) is 0 Å². The molecule has 0 atom stereocenters. The van der Waals surface area contributed by atoms with Crippen LogP contribution in [-0.4, -0.2) is 29.6 Å². The van der Waals surface area contributed by atoms with Gasteiger partial charge in [0.1, 0.15) is 0 Å². The molecule has 0 heterocycles. The summed E-state index contributed by atoms with van der Waals surface area (Å²) in [6.45, 7) is 11.6. The maximum absolute atomic E-state index is 5.21. The van der Waals surface area contributed by atoms with E-state index in [1.54, 1.807) is 0 Å². The summed E-state index contributed by atoms with van der Waals surface area (Å²) in [6, 6.07) is 0. The van der Waals surface area contributed by atoms with Gasteiger partial charge in [-0.2, -0.15) is 0 Å². The molecule has 0 amide bonds. The quantitative estimate of drug-likeness (QED) is 0.678. The lowest BCUT2D eigenvalue weighted by molar-refractivity contribution is 0.376. The highest BCUT2D eigenvalue weighted by atomic mass is 32.1. The van der Waals surface area contributed by atoms with E-state index in [1.807, 2.05) is 0 Å². The van der Waals surface area contributed by atoms with E-state index in [-0.39, 0.29) is 0 Å². The molecule has 0 aromatic heterocycles. The third-order valence-electron chi connectivity index (χ3n) is 1.58. The number of nitrogens with zero attached hydrogens (tertiary/aromatic N) is 1. The average molecular weight is 188 g/mol. The van der Waals surface area contributed by atoms with Crippen molar-refractivity contribution in [2.75, 3.05) is 19.6 Å². The molecular weight excluding hydrogens is 168 g/mol. The first-order valence-electron chi connectivity index (χ1n) is 4.64. The summed E-state index contributed by atoms with van der Waals surface area (Å²) in [5, 5.41) is 4.04. The summed E-state index contributed by atoms with van der Waals surface area (Å²) in [5.41, 5.74) is 0. The van der Waals surface area contributed by atoms with Gasteiger partial charge in [-0.25, -0.2) is 0 Å². The molecule has 0 aliphatic rings. The summed E-state index contributed by atoms with van der Waals surface area (Å²) in [4.78, 5) is 2.20. The first kappa shape index (κ1) is 11.7. The van der Waals surface area contributed by atoms with Crippen LogP contribution < -0.4 is 5.32 Å². The Morgan fingerprint density at radius 1 is 1.42 bits per heavy atom. The third kappa shape index (κ3) is 4.54. The summed E-state index contributed by atoms with van der Waals surface area (Å²) in [6.07, 6.45) is 0. The van der Waals surface area contributed by atoms with Crippen LogP contribution in [0.2, 0.25) is 0 Å². The Morgan fingerprint density at radius 2 is 2.00 bits per heavy atom. The summed E-state index contributed by atoms with van der Waals surface area (Å²) >= 11 is 5.21. The lowest BCUT2D eigenvalue weighted by Crippen LogP contribution is -2.41. The van der Waals surface area contributed by atoms with Crippen molar-refractivity contribution in [1.29, 1.82) is 0 Å². The van der Waals surface area contributed by atoms with E-state index in [0.717, 1.165) is 24.7 Å². The van der Waals surface area contributed by atoms with E-state index in [4.69, 9.17) is 12.2 Å². The number of hydrogen-bond donors (Lipinski definition) is 1. The largest absolute Gasteiger partial charge is 0.363 e. The van der Waals surface area contributed by atoms with Gasteiger partial charge in [-0.1, -0.05) is 13.8 Å². The van der Waals surface area contributed by atoms with Crippen molar-refractivity contribution in [2.45, 2.75) is 27.7 Å². The average Bonchev–Trinajstić information content (AvgIpc) is 2.00. The normalized spacial score (nSPS) is 10.1. The molecule has 0 spiro atoms. The Balaban J connectivity index is 3.87. The molecule has 0 unspecified atom stereocenters. The van der Waals surface area contributed by atoms with Crippen LogP contribution in [0.5, 0.6) is 0 Å². The summed E-state index contributed by atoms with van der Waals surface area (Å²) in [7, 11) is 0. The Kier molecular flexibility index (Phi) is 6.07. The topological polar surface area (TPSA) is 15.3 Å². The van der Waals surface area contributed by atoms with Crippen LogP contribution in [0.3, 0.4) is 0 Å². The first-order valence-corrected chi connectivity index (χ1v) is 5.05. The predicted octanol–water partition coefficient (Wildman–Crippen LogP) is 1.86. The van der Waals surface area contributed by atoms with E-state index in [1.165, 1.54) is 0 Å². The van der Waals surface area contributed by atoms with E-state index in [2.05, 4.69) is 37.9 Å². The molecule has 2 nitrogen and oxygen atoms in total. The fraction of sp³-hybridized carbons (Fsp3) is 0.889. The number of nitrogens with one attached hydrogen (secondary N) is 1. The minimum atomic E-state index is 0.668. The molecule has 0 rings (SSSR count). The van der Waals surface area contributed by atoms with Crippen molar-refractivity contribution in [2.24, 2.45) is 5.92 Å². The van der Waals surface area contributed by atoms with Crippen LogP contribution in [0.4, 0.5) is 0 Å². The van der Waals surface area contributed by atoms with Crippen LogP contribution in [0, 0.1) is 5.92 Å². The second-order valence-electron chi connectivity index (χ2n) is 3.27. The van der Waals surface area contributed by atoms with Gasteiger partial charge in [-0.15, -0.1) is 0 Å². The molecule has 0 radical (unpaired) electrons. The third-order valence-corrected chi connectivity index (χ3v) is 1.99. The second kappa shape index (κ2) is 6.23. The monoisotopic (exact) mass is 188 g/mol. The fourth-order valence-electron chi connectivity index (χ4n) is 1.06. The van der Waals surface area contributed by atoms with Crippen molar-refractivity contribution < 1.29 is 0 Å². The van der Waals surface area contributed by atoms with E-state index in [9.17, 15) is 0 Å². The number of hydrogen-bond acceptors (Lipinski definition) is 1. The minimum absolute atomic E-state index is 0.668. The van der Waals surface area contributed by atoms with Gasteiger partial charge in [0.15, 0.2) is 5.11 Å². The molecule has 0 saturated heterocycles. The molecular formula is C9H20N2S. The molecule has 0 fully saturated rings. The van der Waals surface area contributed by atoms with Crippen LogP contribution in [-0.2, 0) is 0 Å². The lowest BCUT2D eigenvalue weighted by Gasteiger charge is -2.25. The van der Waals surface area contributed by atoms with E-state index >= 15 is 0 Å². The molecule has 72 valence electrons. The van der Waals surface area contributed by atoms with Gasteiger partial charge in [-0.05, 0) is 32.0 Å². The first-order chi connectivity index (χ1) is 5.61.